The van der Waals surface area contributed by atoms with Gasteiger partial charge in [-0.3, -0.25) is 0 Å². The number of benzene rings is 2. The van der Waals surface area contributed by atoms with E-state index in [1.165, 1.54) is 5.56 Å². The molecule has 0 saturated carbocycles. The van der Waals surface area contributed by atoms with Gasteiger partial charge in [0.15, 0.2) is 0 Å². The smallest absolute Gasteiger partial charge is 0.123 e. The Hall–Kier alpha value is -2.00. The van der Waals surface area contributed by atoms with Crippen molar-refractivity contribution < 1.29 is 14.6 Å². The van der Waals surface area contributed by atoms with Gasteiger partial charge in [0, 0.05) is 18.6 Å². The molecule has 20 heavy (non-hydrogen) atoms. The van der Waals surface area contributed by atoms with Gasteiger partial charge in [0.2, 0.25) is 0 Å². The molecular formula is C17H20O3. The quantitative estimate of drug-likeness (QED) is 0.842. The Morgan fingerprint density at radius 3 is 2.45 bits per heavy atom. The van der Waals surface area contributed by atoms with Crippen LogP contribution in [0.15, 0.2) is 54.6 Å². The third-order valence-corrected chi connectivity index (χ3v) is 3.15. The zero-order valence-electron chi connectivity index (χ0n) is 11.7. The minimum absolute atomic E-state index is 0.0867. The molecule has 2 aromatic carbocycles. The molecule has 0 amide bonds. The second-order valence-electron chi connectivity index (χ2n) is 4.73. The highest BCUT2D eigenvalue weighted by Gasteiger charge is 2.10. The van der Waals surface area contributed by atoms with Gasteiger partial charge in [-0.25, -0.2) is 0 Å². The van der Waals surface area contributed by atoms with Crippen LogP contribution in [-0.2, 0) is 6.42 Å². The van der Waals surface area contributed by atoms with Gasteiger partial charge in [0.05, 0.1) is 13.7 Å². The molecule has 3 heteroatoms. The van der Waals surface area contributed by atoms with E-state index in [2.05, 4.69) is 12.1 Å². The highest BCUT2D eigenvalue weighted by molar-refractivity contribution is 5.32. The van der Waals surface area contributed by atoms with Gasteiger partial charge in [0.1, 0.15) is 11.5 Å². The van der Waals surface area contributed by atoms with E-state index in [1.54, 1.807) is 7.11 Å². The summed E-state index contributed by atoms with van der Waals surface area (Å²) in [5.41, 5.74) is 1.21. The summed E-state index contributed by atoms with van der Waals surface area (Å²) in [5, 5.41) is 9.46. The van der Waals surface area contributed by atoms with Gasteiger partial charge in [-0.05, 0) is 24.1 Å². The van der Waals surface area contributed by atoms with Gasteiger partial charge in [-0.15, -0.1) is 0 Å². The summed E-state index contributed by atoms with van der Waals surface area (Å²) in [4.78, 5) is 0. The molecule has 0 spiro atoms. The van der Waals surface area contributed by atoms with Crippen molar-refractivity contribution in [3.8, 4) is 11.5 Å². The first-order valence-corrected chi connectivity index (χ1v) is 6.73. The molecule has 0 radical (unpaired) electrons. The fraction of sp³-hybridized carbons (Fsp3) is 0.294. The molecule has 0 bridgehead atoms. The Bertz CT molecular complexity index is 511. The van der Waals surface area contributed by atoms with Crippen LogP contribution in [-0.4, -0.2) is 25.4 Å². The first kappa shape index (κ1) is 14.4. The van der Waals surface area contributed by atoms with E-state index < -0.39 is 0 Å². The van der Waals surface area contributed by atoms with E-state index >= 15 is 0 Å². The molecule has 0 aromatic heterocycles. The molecule has 2 aromatic rings. The fourth-order valence-corrected chi connectivity index (χ4v) is 2.03. The Morgan fingerprint density at radius 1 is 1.00 bits per heavy atom. The molecule has 0 aliphatic heterocycles. The van der Waals surface area contributed by atoms with Crippen molar-refractivity contribution in [3.05, 3.63) is 60.2 Å². The molecule has 106 valence electrons. The summed E-state index contributed by atoms with van der Waals surface area (Å²) in [6.45, 7) is 0.595. The van der Waals surface area contributed by atoms with Crippen LogP contribution < -0.4 is 9.47 Å². The molecule has 0 fully saturated rings. The normalized spacial score (nSPS) is 11.9. The zero-order chi connectivity index (χ0) is 14.2. The van der Waals surface area contributed by atoms with Crippen LogP contribution in [0.2, 0.25) is 0 Å². The van der Waals surface area contributed by atoms with Crippen molar-refractivity contribution >= 4 is 0 Å². The van der Waals surface area contributed by atoms with E-state index in [9.17, 15) is 5.11 Å². The summed E-state index contributed by atoms with van der Waals surface area (Å²) < 4.78 is 10.9. The summed E-state index contributed by atoms with van der Waals surface area (Å²) in [6, 6.07) is 17.6. The lowest BCUT2D eigenvalue weighted by Gasteiger charge is -2.15. The molecule has 1 atom stereocenters. The van der Waals surface area contributed by atoms with Crippen molar-refractivity contribution in [3.63, 3.8) is 0 Å². The van der Waals surface area contributed by atoms with Crippen LogP contribution in [0.5, 0.6) is 11.5 Å². The predicted octanol–water partition coefficient (Wildman–Crippen LogP) is 2.93. The van der Waals surface area contributed by atoms with E-state index in [-0.39, 0.29) is 12.5 Å². The number of ether oxygens (including phenoxy) is 2. The molecule has 1 N–H and O–H groups in total. The third-order valence-electron chi connectivity index (χ3n) is 3.15. The summed E-state index contributed by atoms with van der Waals surface area (Å²) >= 11 is 0. The van der Waals surface area contributed by atoms with E-state index in [1.807, 2.05) is 42.5 Å². The summed E-state index contributed by atoms with van der Waals surface area (Å²) in [5.74, 6) is 1.62. The maximum absolute atomic E-state index is 9.46. The Balaban J connectivity index is 1.90. The third kappa shape index (κ3) is 4.28. The molecule has 3 nitrogen and oxygen atoms in total. The van der Waals surface area contributed by atoms with Gasteiger partial charge in [-0.1, -0.05) is 36.4 Å². The average Bonchev–Trinajstić information content (AvgIpc) is 2.52. The number of hydrogen-bond donors (Lipinski definition) is 1. The van der Waals surface area contributed by atoms with Crippen LogP contribution in [0.3, 0.4) is 0 Å². The Morgan fingerprint density at radius 2 is 1.75 bits per heavy atom. The molecule has 0 saturated heterocycles. The van der Waals surface area contributed by atoms with Crippen molar-refractivity contribution in [2.45, 2.75) is 6.42 Å². The second-order valence-corrected chi connectivity index (χ2v) is 4.73. The predicted molar refractivity (Wildman–Crippen MR) is 79.2 cm³/mol. The lowest BCUT2D eigenvalue weighted by Crippen LogP contribution is -2.18. The van der Waals surface area contributed by atoms with Crippen molar-refractivity contribution in [1.29, 1.82) is 0 Å². The van der Waals surface area contributed by atoms with Crippen LogP contribution in [0.25, 0.3) is 0 Å². The largest absolute Gasteiger partial charge is 0.497 e. The lowest BCUT2D eigenvalue weighted by atomic mass is 10.0. The molecule has 1 unspecified atom stereocenters. The molecule has 2 rings (SSSR count). The topological polar surface area (TPSA) is 38.7 Å². The van der Waals surface area contributed by atoms with Crippen LogP contribution in [0, 0.1) is 5.92 Å². The second kappa shape index (κ2) is 7.56. The minimum Gasteiger partial charge on any atom is -0.497 e. The molecule has 0 aliphatic rings. The first-order valence-electron chi connectivity index (χ1n) is 6.73. The maximum Gasteiger partial charge on any atom is 0.123 e. The average molecular weight is 272 g/mol. The van der Waals surface area contributed by atoms with E-state index in [4.69, 9.17) is 9.47 Å². The summed E-state index contributed by atoms with van der Waals surface area (Å²) in [7, 11) is 1.63. The van der Waals surface area contributed by atoms with Crippen molar-refractivity contribution in [1.82, 2.24) is 0 Å². The SMILES string of the molecule is COc1cccc(OCC(CO)Cc2ccccc2)c1. The standard InChI is InChI=1S/C17H20O3/c1-19-16-8-5-9-17(11-16)20-13-15(12-18)10-14-6-3-2-4-7-14/h2-9,11,15,18H,10,12-13H2,1H3. The first-order chi connectivity index (χ1) is 9.81. The number of hydrogen-bond acceptors (Lipinski definition) is 3. The van der Waals surface area contributed by atoms with Gasteiger partial charge in [0.25, 0.3) is 0 Å². The molecule has 0 aliphatic carbocycles. The molecule has 0 heterocycles. The van der Waals surface area contributed by atoms with Crippen molar-refractivity contribution in [2.24, 2.45) is 5.92 Å². The lowest BCUT2D eigenvalue weighted by molar-refractivity contribution is 0.162. The van der Waals surface area contributed by atoms with Gasteiger partial charge >= 0.3 is 0 Å². The highest BCUT2D eigenvalue weighted by Crippen LogP contribution is 2.20. The number of rotatable bonds is 7. The van der Waals surface area contributed by atoms with Crippen LogP contribution >= 0.6 is 0 Å². The Kier molecular flexibility index (Phi) is 5.44. The van der Waals surface area contributed by atoms with Crippen molar-refractivity contribution in [2.75, 3.05) is 20.3 Å². The van der Waals surface area contributed by atoms with Crippen LogP contribution in [0.4, 0.5) is 0 Å². The van der Waals surface area contributed by atoms with Gasteiger partial charge < -0.3 is 14.6 Å². The zero-order valence-corrected chi connectivity index (χ0v) is 11.7. The summed E-state index contributed by atoms with van der Waals surface area (Å²) in [6.07, 6.45) is 0.807. The molecular weight excluding hydrogens is 252 g/mol. The number of aliphatic hydroxyl groups is 1. The number of aliphatic hydroxyl groups excluding tert-OH is 1. The van der Waals surface area contributed by atoms with E-state index in [0.29, 0.717) is 6.61 Å². The van der Waals surface area contributed by atoms with Gasteiger partial charge in [-0.2, -0.15) is 0 Å². The Labute approximate surface area is 119 Å². The van der Waals surface area contributed by atoms with Crippen LogP contribution in [0.1, 0.15) is 5.56 Å². The highest BCUT2D eigenvalue weighted by atomic mass is 16.5. The monoisotopic (exact) mass is 272 g/mol. The maximum atomic E-state index is 9.46. The minimum atomic E-state index is 0.0867. The fourth-order valence-electron chi connectivity index (χ4n) is 2.03. The van der Waals surface area contributed by atoms with E-state index in [0.717, 1.165) is 17.9 Å². The number of methoxy groups -OCH3 is 1.